The lowest BCUT2D eigenvalue weighted by Crippen LogP contribution is -2.40. The molecule has 9 heteroatoms. The van der Waals surface area contributed by atoms with Crippen molar-refractivity contribution < 1.29 is 14.1 Å². The standard InChI is InChI=1S/C22H26N6O3/c1-13-17(14(2)31-27-13)9-10-20(29)28-11-18(21-23-15(3)25-26-21)19(12-28)24-22(30)16-7-5-4-6-8-16/h4-8,18-19H,9-12H2,1-3H3,(H,24,30)(H,23,25,26)/t18-,19-/m1/s1. The van der Waals surface area contributed by atoms with E-state index in [4.69, 9.17) is 4.52 Å². The molecule has 2 aromatic heterocycles. The molecule has 1 fully saturated rings. The lowest BCUT2D eigenvalue weighted by atomic mass is 10.0. The molecule has 162 valence electrons. The molecule has 9 nitrogen and oxygen atoms in total. The molecule has 3 heterocycles. The fourth-order valence-electron chi connectivity index (χ4n) is 4.03. The van der Waals surface area contributed by atoms with E-state index in [1.807, 2.05) is 39.0 Å². The summed E-state index contributed by atoms with van der Waals surface area (Å²) in [6, 6.07) is 8.77. The highest BCUT2D eigenvalue weighted by atomic mass is 16.5. The molecule has 2 N–H and O–H groups in total. The van der Waals surface area contributed by atoms with Gasteiger partial charge in [0.15, 0.2) is 5.82 Å². The zero-order valence-corrected chi connectivity index (χ0v) is 17.9. The average molecular weight is 422 g/mol. The molecule has 0 bridgehead atoms. The van der Waals surface area contributed by atoms with E-state index in [0.29, 0.717) is 43.1 Å². The molecule has 0 aliphatic carbocycles. The molecule has 1 aliphatic rings. The number of hydrogen-bond donors (Lipinski definition) is 2. The van der Waals surface area contributed by atoms with E-state index in [0.717, 1.165) is 17.0 Å². The molecule has 0 spiro atoms. The van der Waals surface area contributed by atoms with Gasteiger partial charge in [-0.3, -0.25) is 14.7 Å². The summed E-state index contributed by atoms with van der Waals surface area (Å²) in [7, 11) is 0. The van der Waals surface area contributed by atoms with Crippen LogP contribution >= 0.6 is 0 Å². The Morgan fingerprint density at radius 2 is 1.97 bits per heavy atom. The molecule has 0 saturated carbocycles. The smallest absolute Gasteiger partial charge is 0.251 e. The minimum absolute atomic E-state index is 0.0220. The number of carbonyl (C=O) groups excluding carboxylic acids is 2. The lowest BCUT2D eigenvalue weighted by Gasteiger charge is -2.18. The summed E-state index contributed by atoms with van der Waals surface area (Å²) in [4.78, 5) is 31.9. The quantitative estimate of drug-likeness (QED) is 0.628. The van der Waals surface area contributed by atoms with Crippen LogP contribution in [0.1, 0.15) is 51.4 Å². The number of nitrogens with zero attached hydrogens (tertiary/aromatic N) is 4. The Morgan fingerprint density at radius 3 is 2.61 bits per heavy atom. The van der Waals surface area contributed by atoms with Gasteiger partial charge >= 0.3 is 0 Å². The molecule has 2 atom stereocenters. The summed E-state index contributed by atoms with van der Waals surface area (Å²) in [5.74, 6) is 1.72. The molecule has 1 aromatic carbocycles. The van der Waals surface area contributed by atoms with Crippen molar-refractivity contribution in [2.45, 2.75) is 45.6 Å². The predicted molar refractivity (Wildman–Crippen MR) is 112 cm³/mol. The number of aromatic nitrogens is 4. The second kappa shape index (κ2) is 8.71. The number of carbonyl (C=O) groups is 2. The van der Waals surface area contributed by atoms with Crippen LogP contribution in [-0.2, 0) is 11.2 Å². The van der Waals surface area contributed by atoms with Crippen LogP contribution in [0.5, 0.6) is 0 Å². The van der Waals surface area contributed by atoms with Crippen LogP contribution in [0.15, 0.2) is 34.9 Å². The van der Waals surface area contributed by atoms with Crippen LogP contribution < -0.4 is 5.32 Å². The maximum Gasteiger partial charge on any atom is 0.251 e. The maximum atomic E-state index is 13.0. The topological polar surface area (TPSA) is 117 Å². The normalized spacial score (nSPS) is 18.4. The molecule has 31 heavy (non-hydrogen) atoms. The van der Waals surface area contributed by atoms with Gasteiger partial charge in [-0.25, -0.2) is 4.98 Å². The SMILES string of the molecule is Cc1nc([C@@H]2CN(C(=O)CCc3c(C)noc3C)C[C@H]2NC(=O)c2ccccc2)n[nH]1. The van der Waals surface area contributed by atoms with Gasteiger partial charge in [-0.05, 0) is 39.3 Å². The summed E-state index contributed by atoms with van der Waals surface area (Å²) < 4.78 is 5.19. The summed E-state index contributed by atoms with van der Waals surface area (Å²) in [6.07, 6.45) is 0.921. The first-order valence-electron chi connectivity index (χ1n) is 10.4. The van der Waals surface area contributed by atoms with E-state index in [1.165, 1.54) is 0 Å². The van der Waals surface area contributed by atoms with Crippen LogP contribution in [0.25, 0.3) is 0 Å². The Morgan fingerprint density at radius 1 is 1.19 bits per heavy atom. The van der Waals surface area contributed by atoms with Crippen molar-refractivity contribution in [3.05, 3.63) is 64.6 Å². The molecule has 4 rings (SSSR count). The van der Waals surface area contributed by atoms with Gasteiger partial charge in [0.05, 0.1) is 17.7 Å². The molecule has 3 aromatic rings. The molecule has 0 unspecified atom stereocenters. The van der Waals surface area contributed by atoms with Gasteiger partial charge in [-0.2, -0.15) is 5.10 Å². The summed E-state index contributed by atoms with van der Waals surface area (Å²) >= 11 is 0. The van der Waals surface area contributed by atoms with Gasteiger partial charge in [-0.15, -0.1) is 0 Å². The number of benzene rings is 1. The first-order valence-corrected chi connectivity index (χ1v) is 10.4. The van der Waals surface area contributed by atoms with Gasteiger partial charge in [0, 0.05) is 30.6 Å². The predicted octanol–water partition coefficient (Wildman–Crippen LogP) is 2.08. The fourth-order valence-corrected chi connectivity index (χ4v) is 4.03. The first kappa shape index (κ1) is 20.8. The third-order valence-electron chi connectivity index (χ3n) is 5.74. The highest BCUT2D eigenvalue weighted by Gasteiger charge is 2.39. The van der Waals surface area contributed by atoms with Crippen molar-refractivity contribution in [2.75, 3.05) is 13.1 Å². The van der Waals surface area contributed by atoms with Crippen molar-refractivity contribution in [1.29, 1.82) is 0 Å². The number of amides is 2. The van der Waals surface area contributed by atoms with E-state index in [9.17, 15) is 9.59 Å². The highest BCUT2D eigenvalue weighted by molar-refractivity contribution is 5.94. The number of aryl methyl sites for hydroxylation is 3. The van der Waals surface area contributed by atoms with Gasteiger partial charge in [0.1, 0.15) is 11.6 Å². The number of H-pyrrole nitrogens is 1. The van der Waals surface area contributed by atoms with E-state index in [2.05, 4.69) is 25.7 Å². The van der Waals surface area contributed by atoms with E-state index < -0.39 is 0 Å². The average Bonchev–Trinajstić information content (AvgIpc) is 3.46. The minimum atomic E-state index is -0.272. The van der Waals surface area contributed by atoms with Crippen molar-refractivity contribution in [2.24, 2.45) is 0 Å². The molecular formula is C22H26N6O3. The molecular weight excluding hydrogens is 396 g/mol. The van der Waals surface area contributed by atoms with Crippen LogP contribution in [-0.4, -0.2) is 56.2 Å². The van der Waals surface area contributed by atoms with Gasteiger partial charge < -0.3 is 14.7 Å². The minimum Gasteiger partial charge on any atom is -0.361 e. The number of hydrogen-bond acceptors (Lipinski definition) is 6. The number of nitrogens with one attached hydrogen (secondary N) is 2. The Kier molecular flexibility index (Phi) is 5.83. The number of rotatable bonds is 6. The zero-order chi connectivity index (χ0) is 22.0. The number of likely N-dealkylation sites (tertiary alicyclic amines) is 1. The fraction of sp³-hybridized carbons (Fsp3) is 0.409. The molecule has 2 amide bonds. The van der Waals surface area contributed by atoms with Gasteiger partial charge in [0.2, 0.25) is 5.91 Å². The number of aromatic amines is 1. The zero-order valence-electron chi connectivity index (χ0n) is 17.9. The van der Waals surface area contributed by atoms with Crippen molar-refractivity contribution >= 4 is 11.8 Å². The highest BCUT2D eigenvalue weighted by Crippen LogP contribution is 2.27. The third-order valence-corrected chi connectivity index (χ3v) is 5.74. The van der Waals surface area contributed by atoms with E-state index in [1.54, 1.807) is 17.0 Å². The molecule has 1 aliphatic heterocycles. The van der Waals surface area contributed by atoms with Crippen molar-refractivity contribution in [1.82, 2.24) is 30.6 Å². The van der Waals surface area contributed by atoms with Crippen LogP contribution in [0.2, 0.25) is 0 Å². The van der Waals surface area contributed by atoms with E-state index in [-0.39, 0.29) is 23.8 Å². The van der Waals surface area contributed by atoms with E-state index >= 15 is 0 Å². The summed E-state index contributed by atoms with van der Waals surface area (Å²) in [5.41, 5.74) is 2.37. The Balaban J connectivity index is 1.47. The molecule has 1 saturated heterocycles. The van der Waals surface area contributed by atoms with Crippen LogP contribution in [0.3, 0.4) is 0 Å². The van der Waals surface area contributed by atoms with Gasteiger partial charge in [-0.1, -0.05) is 23.4 Å². The van der Waals surface area contributed by atoms with Gasteiger partial charge in [0.25, 0.3) is 5.91 Å². The summed E-state index contributed by atoms with van der Waals surface area (Å²) in [6.45, 7) is 6.43. The first-order chi connectivity index (χ1) is 14.9. The Hall–Kier alpha value is -3.49. The van der Waals surface area contributed by atoms with Crippen molar-refractivity contribution in [3.8, 4) is 0 Å². The second-order valence-corrected chi connectivity index (χ2v) is 7.93. The summed E-state index contributed by atoms with van der Waals surface area (Å²) in [5, 5.41) is 14.2. The van der Waals surface area contributed by atoms with Crippen LogP contribution in [0.4, 0.5) is 0 Å². The van der Waals surface area contributed by atoms with Crippen LogP contribution in [0, 0.1) is 20.8 Å². The lowest BCUT2D eigenvalue weighted by molar-refractivity contribution is -0.130. The monoisotopic (exact) mass is 422 g/mol. The third kappa shape index (κ3) is 4.50. The second-order valence-electron chi connectivity index (χ2n) is 7.93. The maximum absolute atomic E-state index is 13.0. The molecule has 0 radical (unpaired) electrons. The largest absolute Gasteiger partial charge is 0.361 e. The van der Waals surface area contributed by atoms with Crippen molar-refractivity contribution in [3.63, 3.8) is 0 Å². The Labute approximate surface area is 180 Å². The Bertz CT molecular complexity index is 1050.